The minimum absolute atomic E-state index is 0.0420. The highest BCUT2D eigenvalue weighted by atomic mass is 79.9. The first-order chi connectivity index (χ1) is 8.20. The van der Waals surface area contributed by atoms with E-state index in [1.165, 1.54) is 0 Å². The maximum Gasteiger partial charge on any atom is 0.189 e. The Morgan fingerprint density at radius 1 is 1.35 bits per heavy atom. The molecule has 0 aliphatic rings. The number of hydrogen-bond acceptors (Lipinski definition) is 1. The molecule has 0 amide bonds. The van der Waals surface area contributed by atoms with Gasteiger partial charge in [0.2, 0.25) is 0 Å². The molecular weight excluding hydrogens is 278 g/mol. The molecule has 0 saturated heterocycles. The maximum absolute atomic E-state index is 11.8. The highest BCUT2D eigenvalue weighted by Crippen LogP contribution is 2.10. The molecule has 0 aliphatic heterocycles. The van der Waals surface area contributed by atoms with Crippen LogP contribution < -0.4 is 5.43 Å². The van der Waals surface area contributed by atoms with Crippen molar-refractivity contribution >= 4 is 26.8 Å². The van der Waals surface area contributed by atoms with Gasteiger partial charge in [0, 0.05) is 40.0 Å². The van der Waals surface area contributed by atoms with E-state index in [0.717, 1.165) is 28.5 Å². The molecule has 86 valence electrons. The standard InChI is InChI=1S/C14H12BrNO/c1-10-8-14(17)12-9-11(4-2-3-7-15)5-6-13(12)16-10/h5-6,8-9H,3,7H2,1H3,(H,16,17). The van der Waals surface area contributed by atoms with Gasteiger partial charge < -0.3 is 4.98 Å². The lowest BCUT2D eigenvalue weighted by Crippen LogP contribution is -2.02. The van der Waals surface area contributed by atoms with Crippen molar-refractivity contribution in [3.8, 4) is 11.8 Å². The molecule has 0 saturated carbocycles. The molecule has 0 aliphatic carbocycles. The van der Waals surface area contributed by atoms with Gasteiger partial charge in [-0.1, -0.05) is 27.8 Å². The van der Waals surface area contributed by atoms with E-state index in [-0.39, 0.29) is 5.43 Å². The Bertz CT molecular complexity index is 661. The zero-order valence-corrected chi connectivity index (χ0v) is 11.1. The van der Waals surface area contributed by atoms with Crippen molar-refractivity contribution in [1.29, 1.82) is 0 Å². The fourth-order valence-corrected chi connectivity index (χ4v) is 1.87. The quantitative estimate of drug-likeness (QED) is 0.635. The molecule has 0 unspecified atom stereocenters. The molecule has 0 spiro atoms. The van der Waals surface area contributed by atoms with E-state index in [1.54, 1.807) is 6.07 Å². The summed E-state index contributed by atoms with van der Waals surface area (Å²) in [6, 6.07) is 7.29. The van der Waals surface area contributed by atoms with Crippen LogP contribution in [0.1, 0.15) is 17.7 Å². The van der Waals surface area contributed by atoms with Gasteiger partial charge in [-0.25, -0.2) is 0 Å². The number of fused-ring (bicyclic) bond motifs is 1. The Morgan fingerprint density at radius 3 is 2.94 bits per heavy atom. The normalized spacial score (nSPS) is 10.0. The Balaban J connectivity index is 2.52. The lowest BCUT2D eigenvalue weighted by molar-refractivity contribution is 1.24. The van der Waals surface area contributed by atoms with Gasteiger partial charge in [0.05, 0.1) is 0 Å². The van der Waals surface area contributed by atoms with Gasteiger partial charge in [-0.2, -0.15) is 0 Å². The van der Waals surface area contributed by atoms with Gasteiger partial charge in [0.1, 0.15) is 0 Å². The van der Waals surface area contributed by atoms with E-state index < -0.39 is 0 Å². The third kappa shape index (κ3) is 2.78. The molecule has 2 aromatic rings. The molecular formula is C14H12BrNO. The third-order valence-electron chi connectivity index (χ3n) is 2.42. The zero-order chi connectivity index (χ0) is 12.3. The van der Waals surface area contributed by atoms with Crippen LogP contribution in [-0.4, -0.2) is 10.3 Å². The summed E-state index contributed by atoms with van der Waals surface area (Å²) in [6.45, 7) is 1.88. The van der Waals surface area contributed by atoms with Crippen molar-refractivity contribution in [2.75, 3.05) is 5.33 Å². The van der Waals surface area contributed by atoms with Crippen LogP contribution in [0.5, 0.6) is 0 Å². The monoisotopic (exact) mass is 289 g/mol. The first-order valence-corrected chi connectivity index (χ1v) is 6.51. The second kappa shape index (κ2) is 5.20. The van der Waals surface area contributed by atoms with Gasteiger partial charge in [-0.15, -0.1) is 0 Å². The van der Waals surface area contributed by atoms with Crippen LogP contribution >= 0.6 is 15.9 Å². The molecule has 17 heavy (non-hydrogen) atoms. The largest absolute Gasteiger partial charge is 0.358 e. The molecule has 1 N–H and O–H groups in total. The number of nitrogens with one attached hydrogen (secondary N) is 1. The highest BCUT2D eigenvalue weighted by molar-refractivity contribution is 9.09. The number of aromatic amines is 1. The van der Waals surface area contributed by atoms with E-state index in [4.69, 9.17) is 0 Å². The molecule has 2 rings (SSSR count). The Kier molecular flexibility index (Phi) is 3.65. The zero-order valence-electron chi connectivity index (χ0n) is 9.51. The topological polar surface area (TPSA) is 32.9 Å². The number of halogens is 1. The Labute approximate surface area is 108 Å². The summed E-state index contributed by atoms with van der Waals surface area (Å²) in [5, 5.41) is 1.56. The number of aryl methyl sites for hydroxylation is 1. The van der Waals surface area contributed by atoms with Gasteiger partial charge in [0.25, 0.3) is 0 Å². The summed E-state index contributed by atoms with van der Waals surface area (Å²) >= 11 is 3.32. The smallest absolute Gasteiger partial charge is 0.189 e. The first-order valence-electron chi connectivity index (χ1n) is 5.39. The SMILES string of the molecule is Cc1cc(=O)c2cc(C#CCCBr)ccc2[nH]1. The average Bonchev–Trinajstić information content (AvgIpc) is 2.30. The molecule has 2 nitrogen and oxygen atoms in total. The fraction of sp³-hybridized carbons (Fsp3) is 0.214. The molecule has 0 radical (unpaired) electrons. The van der Waals surface area contributed by atoms with Crippen LogP contribution in [0.25, 0.3) is 10.9 Å². The summed E-state index contributed by atoms with van der Waals surface area (Å²) < 4.78 is 0. The Hall–Kier alpha value is -1.53. The molecule has 1 aromatic carbocycles. The van der Waals surface area contributed by atoms with Gasteiger partial charge in [-0.05, 0) is 25.1 Å². The maximum atomic E-state index is 11.8. The molecule has 1 aromatic heterocycles. The van der Waals surface area contributed by atoms with Crippen LogP contribution in [0.2, 0.25) is 0 Å². The fourth-order valence-electron chi connectivity index (χ4n) is 1.67. The second-order valence-electron chi connectivity index (χ2n) is 3.82. The lowest BCUT2D eigenvalue weighted by Gasteiger charge is -2.00. The Morgan fingerprint density at radius 2 is 2.18 bits per heavy atom. The van der Waals surface area contributed by atoms with Gasteiger partial charge in [-0.3, -0.25) is 4.79 Å². The molecule has 3 heteroatoms. The number of pyridine rings is 1. The summed E-state index contributed by atoms with van der Waals surface area (Å²) in [5.74, 6) is 6.08. The van der Waals surface area contributed by atoms with Crippen molar-refractivity contribution in [2.45, 2.75) is 13.3 Å². The van der Waals surface area contributed by atoms with Gasteiger partial charge >= 0.3 is 0 Å². The van der Waals surface area contributed by atoms with E-state index in [1.807, 2.05) is 25.1 Å². The summed E-state index contributed by atoms with van der Waals surface area (Å²) in [5.41, 5.74) is 2.66. The average molecular weight is 290 g/mol. The van der Waals surface area contributed by atoms with E-state index >= 15 is 0 Å². The van der Waals surface area contributed by atoms with Crippen molar-refractivity contribution in [2.24, 2.45) is 0 Å². The molecule has 0 fully saturated rings. The number of H-pyrrole nitrogens is 1. The predicted molar refractivity (Wildman–Crippen MR) is 74.6 cm³/mol. The summed E-state index contributed by atoms with van der Waals surface area (Å²) in [4.78, 5) is 15.0. The van der Waals surface area contributed by atoms with E-state index in [0.29, 0.717) is 5.39 Å². The highest BCUT2D eigenvalue weighted by Gasteiger charge is 2.00. The first kappa shape index (κ1) is 11.9. The van der Waals surface area contributed by atoms with Crippen molar-refractivity contribution in [3.63, 3.8) is 0 Å². The van der Waals surface area contributed by atoms with Crippen molar-refractivity contribution in [3.05, 3.63) is 45.7 Å². The minimum atomic E-state index is 0.0420. The molecule has 0 bridgehead atoms. The van der Waals surface area contributed by atoms with Crippen LogP contribution in [0.15, 0.2) is 29.1 Å². The molecule has 1 heterocycles. The van der Waals surface area contributed by atoms with Crippen LogP contribution in [-0.2, 0) is 0 Å². The number of alkyl halides is 1. The number of benzene rings is 1. The number of hydrogen-bond donors (Lipinski definition) is 1. The number of aromatic nitrogens is 1. The van der Waals surface area contributed by atoms with E-state index in [2.05, 4.69) is 32.8 Å². The van der Waals surface area contributed by atoms with Crippen molar-refractivity contribution < 1.29 is 0 Å². The van der Waals surface area contributed by atoms with Crippen molar-refractivity contribution in [1.82, 2.24) is 4.98 Å². The minimum Gasteiger partial charge on any atom is -0.358 e. The number of rotatable bonds is 1. The summed E-state index contributed by atoms with van der Waals surface area (Å²) in [7, 11) is 0. The van der Waals surface area contributed by atoms with E-state index in [9.17, 15) is 4.79 Å². The second-order valence-corrected chi connectivity index (χ2v) is 4.61. The lowest BCUT2D eigenvalue weighted by atomic mass is 10.1. The third-order valence-corrected chi connectivity index (χ3v) is 2.81. The van der Waals surface area contributed by atoms with Crippen LogP contribution in [0.3, 0.4) is 0 Å². The van der Waals surface area contributed by atoms with Crippen LogP contribution in [0.4, 0.5) is 0 Å². The van der Waals surface area contributed by atoms with Crippen LogP contribution in [0, 0.1) is 18.8 Å². The summed E-state index contributed by atoms with van der Waals surface area (Å²) in [6.07, 6.45) is 0.808. The van der Waals surface area contributed by atoms with Gasteiger partial charge in [0.15, 0.2) is 5.43 Å². The molecule has 0 atom stereocenters. The predicted octanol–water partition coefficient (Wildman–Crippen LogP) is 2.97.